The Kier molecular flexibility index (Phi) is 2.73. The molecule has 0 radical (unpaired) electrons. The Hall–Kier alpha value is 0.0900. The molecule has 3 heteroatoms. The first kappa shape index (κ1) is 9.64. The van der Waals surface area contributed by atoms with E-state index in [1.807, 2.05) is 0 Å². The highest BCUT2D eigenvalue weighted by Gasteiger charge is 2.02. The average Bonchev–Trinajstić information content (AvgIpc) is 2.07. The van der Waals surface area contributed by atoms with Crippen molar-refractivity contribution in [2.45, 2.75) is 6.92 Å². The predicted molar refractivity (Wildman–Crippen MR) is 71.9 cm³/mol. The largest absolute Gasteiger partial charge is 0.235 e. The monoisotopic (exact) mass is 395 g/mol. The maximum Gasteiger partial charge on any atom is 0.110 e. The minimum Gasteiger partial charge on any atom is -0.235 e. The summed E-state index contributed by atoms with van der Waals surface area (Å²) in [5.74, 6) is 0. The Bertz CT molecular complexity index is 466. The number of pyridine rings is 1. The first-order valence-electron chi connectivity index (χ1n) is 3.90. The highest BCUT2D eigenvalue weighted by molar-refractivity contribution is 14.1. The molecule has 0 saturated carbocycles. The van der Waals surface area contributed by atoms with Gasteiger partial charge < -0.3 is 0 Å². The van der Waals surface area contributed by atoms with Crippen LogP contribution in [0.1, 0.15) is 5.56 Å². The van der Waals surface area contributed by atoms with Crippen molar-refractivity contribution >= 4 is 56.0 Å². The molecule has 0 fully saturated rings. The number of fused-ring (bicyclic) bond motifs is 1. The van der Waals surface area contributed by atoms with Gasteiger partial charge in [-0.2, -0.15) is 0 Å². The average molecular weight is 395 g/mol. The molecule has 66 valence electrons. The molecule has 1 aromatic heterocycles. The third kappa shape index (κ3) is 1.81. The van der Waals surface area contributed by atoms with Crippen LogP contribution in [0.5, 0.6) is 0 Å². The van der Waals surface area contributed by atoms with Gasteiger partial charge in [-0.1, -0.05) is 18.2 Å². The summed E-state index contributed by atoms with van der Waals surface area (Å²) in [6.07, 6.45) is 0. The number of hydrogen-bond acceptors (Lipinski definition) is 1. The standard InChI is InChI=1S/C10H7I2N/c1-6-3-2-4-7-8(6)5-9(11)13-10(7)12/h2-5H,1H3. The molecule has 13 heavy (non-hydrogen) atoms. The fourth-order valence-corrected chi connectivity index (χ4v) is 3.10. The third-order valence-electron chi connectivity index (χ3n) is 2.01. The van der Waals surface area contributed by atoms with Gasteiger partial charge in [-0.25, -0.2) is 4.98 Å². The van der Waals surface area contributed by atoms with E-state index in [9.17, 15) is 0 Å². The van der Waals surface area contributed by atoms with Gasteiger partial charge in [0.25, 0.3) is 0 Å². The van der Waals surface area contributed by atoms with E-state index in [-0.39, 0.29) is 0 Å². The Labute approximate surface area is 104 Å². The van der Waals surface area contributed by atoms with Gasteiger partial charge in [-0.3, -0.25) is 0 Å². The van der Waals surface area contributed by atoms with Crippen LogP contribution in [-0.4, -0.2) is 4.98 Å². The zero-order valence-corrected chi connectivity index (χ0v) is 11.3. The van der Waals surface area contributed by atoms with Crippen LogP contribution in [0.4, 0.5) is 0 Å². The number of nitrogens with zero attached hydrogens (tertiary/aromatic N) is 1. The number of aryl methyl sites for hydroxylation is 1. The minimum absolute atomic E-state index is 1.06. The van der Waals surface area contributed by atoms with E-state index in [0.29, 0.717) is 0 Å². The number of benzene rings is 1. The second-order valence-electron chi connectivity index (χ2n) is 2.91. The van der Waals surface area contributed by atoms with Crippen LogP contribution in [0, 0.1) is 14.3 Å². The van der Waals surface area contributed by atoms with Gasteiger partial charge >= 0.3 is 0 Å². The molecule has 0 unspecified atom stereocenters. The topological polar surface area (TPSA) is 12.9 Å². The molecule has 1 heterocycles. The lowest BCUT2D eigenvalue weighted by Gasteiger charge is -2.03. The van der Waals surface area contributed by atoms with Crippen molar-refractivity contribution in [2.24, 2.45) is 0 Å². The van der Waals surface area contributed by atoms with Crippen LogP contribution in [-0.2, 0) is 0 Å². The van der Waals surface area contributed by atoms with Crippen molar-refractivity contribution in [1.82, 2.24) is 4.98 Å². The van der Waals surface area contributed by atoms with Crippen molar-refractivity contribution in [3.8, 4) is 0 Å². The smallest absolute Gasteiger partial charge is 0.110 e. The zero-order chi connectivity index (χ0) is 9.42. The van der Waals surface area contributed by atoms with Gasteiger partial charge in [-0.05, 0) is 69.1 Å². The molecule has 1 nitrogen and oxygen atoms in total. The highest BCUT2D eigenvalue weighted by Crippen LogP contribution is 2.23. The molecule has 0 amide bonds. The first-order chi connectivity index (χ1) is 6.18. The van der Waals surface area contributed by atoms with Gasteiger partial charge in [0.15, 0.2) is 0 Å². The van der Waals surface area contributed by atoms with E-state index < -0.39 is 0 Å². The fourth-order valence-electron chi connectivity index (χ4n) is 1.36. The maximum absolute atomic E-state index is 4.42. The van der Waals surface area contributed by atoms with Crippen molar-refractivity contribution in [1.29, 1.82) is 0 Å². The van der Waals surface area contributed by atoms with Crippen molar-refractivity contribution in [2.75, 3.05) is 0 Å². The summed E-state index contributed by atoms with van der Waals surface area (Å²) in [5, 5.41) is 2.56. The van der Waals surface area contributed by atoms with Crippen LogP contribution in [0.15, 0.2) is 24.3 Å². The predicted octanol–water partition coefficient (Wildman–Crippen LogP) is 3.75. The normalized spacial score (nSPS) is 10.7. The van der Waals surface area contributed by atoms with Crippen LogP contribution >= 0.6 is 45.2 Å². The van der Waals surface area contributed by atoms with E-state index in [0.717, 1.165) is 7.40 Å². The Morgan fingerprint density at radius 3 is 2.69 bits per heavy atom. The number of hydrogen-bond donors (Lipinski definition) is 0. The molecule has 0 atom stereocenters. The Balaban J connectivity index is 2.94. The molecular formula is C10H7I2N. The van der Waals surface area contributed by atoms with E-state index in [4.69, 9.17) is 0 Å². The molecular weight excluding hydrogens is 388 g/mol. The molecule has 0 spiro atoms. The Morgan fingerprint density at radius 1 is 1.15 bits per heavy atom. The fraction of sp³-hybridized carbons (Fsp3) is 0.100. The summed E-state index contributed by atoms with van der Waals surface area (Å²) in [4.78, 5) is 4.42. The van der Waals surface area contributed by atoms with Gasteiger partial charge in [0.05, 0.1) is 0 Å². The van der Waals surface area contributed by atoms with Gasteiger partial charge in [-0.15, -0.1) is 0 Å². The zero-order valence-electron chi connectivity index (χ0n) is 7.01. The second-order valence-corrected chi connectivity index (χ2v) is 5.03. The van der Waals surface area contributed by atoms with Crippen LogP contribution in [0.2, 0.25) is 0 Å². The molecule has 0 aliphatic heterocycles. The van der Waals surface area contributed by atoms with E-state index in [2.05, 4.69) is 81.4 Å². The molecule has 0 bridgehead atoms. The molecule has 0 N–H and O–H groups in total. The van der Waals surface area contributed by atoms with Crippen molar-refractivity contribution in [3.05, 3.63) is 37.2 Å². The molecule has 2 aromatic rings. The lowest BCUT2D eigenvalue weighted by atomic mass is 10.1. The first-order valence-corrected chi connectivity index (χ1v) is 6.05. The van der Waals surface area contributed by atoms with Gasteiger partial charge in [0.1, 0.15) is 7.40 Å². The second kappa shape index (κ2) is 3.68. The number of halogens is 2. The lowest BCUT2D eigenvalue weighted by Crippen LogP contribution is -1.89. The molecule has 1 aromatic carbocycles. The molecule has 0 aliphatic carbocycles. The molecule has 2 rings (SSSR count). The maximum atomic E-state index is 4.42. The summed E-state index contributed by atoms with van der Waals surface area (Å²) in [6.45, 7) is 2.13. The van der Waals surface area contributed by atoms with Crippen LogP contribution in [0.3, 0.4) is 0 Å². The van der Waals surface area contributed by atoms with Crippen molar-refractivity contribution < 1.29 is 0 Å². The summed E-state index contributed by atoms with van der Waals surface area (Å²) < 4.78 is 2.15. The quantitative estimate of drug-likeness (QED) is 0.490. The number of rotatable bonds is 0. The SMILES string of the molecule is Cc1cccc2c(I)nc(I)cc12. The van der Waals surface area contributed by atoms with Crippen LogP contribution < -0.4 is 0 Å². The minimum atomic E-state index is 1.06. The summed E-state index contributed by atoms with van der Waals surface area (Å²) in [7, 11) is 0. The summed E-state index contributed by atoms with van der Waals surface area (Å²) in [5.41, 5.74) is 1.32. The third-order valence-corrected chi connectivity index (χ3v) is 3.39. The van der Waals surface area contributed by atoms with E-state index in [1.165, 1.54) is 16.3 Å². The van der Waals surface area contributed by atoms with Gasteiger partial charge in [0, 0.05) is 5.39 Å². The van der Waals surface area contributed by atoms with E-state index in [1.54, 1.807) is 0 Å². The highest BCUT2D eigenvalue weighted by atomic mass is 127. The van der Waals surface area contributed by atoms with Gasteiger partial charge in [0.2, 0.25) is 0 Å². The van der Waals surface area contributed by atoms with Crippen molar-refractivity contribution in [3.63, 3.8) is 0 Å². The lowest BCUT2D eigenvalue weighted by molar-refractivity contribution is 1.25. The van der Waals surface area contributed by atoms with Crippen LogP contribution in [0.25, 0.3) is 10.8 Å². The van der Waals surface area contributed by atoms with E-state index >= 15 is 0 Å². The summed E-state index contributed by atoms with van der Waals surface area (Å²) >= 11 is 4.54. The number of aromatic nitrogens is 1. The summed E-state index contributed by atoms with van der Waals surface area (Å²) in [6, 6.07) is 8.46. The molecule has 0 aliphatic rings. The Morgan fingerprint density at radius 2 is 1.92 bits per heavy atom. The molecule has 0 saturated heterocycles.